The molecule has 2 rings (SSSR count). The number of carbonyl (C=O) groups is 1. The summed E-state index contributed by atoms with van der Waals surface area (Å²) in [5, 5.41) is -0.732. The third-order valence-corrected chi connectivity index (χ3v) is 6.06. The SMILES string of the molecule is CC(C)N1CCC(N2CC(S(=O)(=O)Cl)CC2=O)CC1. The Morgan fingerprint density at radius 2 is 1.84 bits per heavy atom. The monoisotopic (exact) mass is 308 g/mol. The van der Waals surface area contributed by atoms with Crippen molar-refractivity contribution >= 4 is 25.6 Å². The predicted molar refractivity (Wildman–Crippen MR) is 74.6 cm³/mol. The van der Waals surface area contributed by atoms with Crippen LogP contribution in [0.1, 0.15) is 33.1 Å². The van der Waals surface area contributed by atoms with Crippen LogP contribution in [0, 0.1) is 0 Å². The van der Waals surface area contributed by atoms with Gasteiger partial charge in [-0.2, -0.15) is 0 Å². The smallest absolute Gasteiger partial charge is 0.237 e. The van der Waals surface area contributed by atoms with Crippen LogP contribution in [0.25, 0.3) is 0 Å². The molecule has 19 heavy (non-hydrogen) atoms. The van der Waals surface area contributed by atoms with Crippen LogP contribution in [-0.4, -0.2) is 61.1 Å². The number of carbonyl (C=O) groups excluding carboxylic acids is 1. The maximum absolute atomic E-state index is 11.9. The lowest BCUT2D eigenvalue weighted by molar-refractivity contribution is -0.130. The largest absolute Gasteiger partial charge is 0.338 e. The van der Waals surface area contributed by atoms with Crippen LogP contribution >= 0.6 is 10.7 Å². The first-order valence-corrected chi connectivity index (χ1v) is 9.13. The molecule has 1 atom stereocenters. The van der Waals surface area contributed by atoms with Crippen molar-refractivity contribution in [1.29, 1.82) is 0 Å². The Hall–Kier alpha value is -0.330. The van der Waals surface area contributed by atoms with Gasteiger partial charge in [0.2, 0.25) is 15.0 Å². The summed E-state index contributed by atoms with van der Waals surface area (Å²) in [6, 6.07) is 0.692. The Bertz CT molecular complexity index is 444. The lowest BCUT2D eigenvalue weighted by atomic mass is 10.0. The van der Waals surface area contributed by atoms with Gasteiger partial charge in [-0.1, -0.05) is 0 Å². The molecule has 2 aliphatic rings. The molecule has 0 N–H and O–H groups in total. The van der Waals surface area contributed by atoms with Crippen molar-refractivity contribution in [3.63, 3.8) is 0 Å². The van der Waals surface area contributed by atoms with E-state index in [-0.39, 0.29) is 24.9 Å². The van der Waals surface area contributed by atoms with Gasteiger partial charge < -0.3 is 9.80 Å². The molecule has 0 aromatic heterocycles. The second-order valence-electron chi connectivity index (χ2n) is 5.71. The van der Waals surface area contributed by atoms with Gasteiger partial charge in [0.05, 0.1) is 0 Å². The molecule has 2 saturated heterocycles. The molecular formula is C12H21ClN2O3S. The maximum atomic E-state index is 11.9. The summed E-state index contributed by atoms with van der Waals surface area (Å²) in [6.07, 6.45) is 1.87. The predicted octanol–water partition coefficient (Wildman–Crippen LogP) is 1.03. The van der Waals surface area contributed by atoms with Crippen LogP contribution < -0.4 is 0 Å². The summed E-state index contributed by atoms with van der Waals surface area (Å²) in [5.74, 6) is -0.0720. The first-order valence-electron chi connectivity index (χ1n) is 6.76. The third-order valence-electron chi connectivity index (χ3n) is 4.19. The van der Waals surface area contributed by atoms with Crippen LogP contribution in [0.3, 0.4) is 0 Å². The van der Waals surface area contributed by atoms with Gasteiger partial charge in [-0.05, 0) is 26.7 Å². The highest BCUT2D eigenvalue weighted by atomic mass is 35.7. The molecule has 7 heteroatoms. The fraction of sp³-hybridized carbons (Fsp3) is 0.917. The number of nitrogens with zero attached hydrogens (tertiary/aromatic N) is 2. The van der Waals surface area contributed by atoms with E-state index < -0.39 is 14.3 Å². The first-order chi connectivity index (χ1) is 8.79. The van der Waals surface area contributed by atoms with E-state index in [1.165, 1.54) is 0 Å². The fourth-order valence-electron chi connectivity index (χ4n) is 2.95. The van der Waals surface area contributed by atoms with Gasteiger partial charge in [-0.15, -0.1) is 0 Å². The Kier molecular flexibility index (Phi) is 4.42. The number of piperidine rings is 1. The number of hydrogen-bond donors (Lipinski definition) is 0. The first kappa shape index (κ1) is 15.1. The number of halogens is 1. The van der Waals surface area contributed by atoms with E-state index in [2.05, 4.69) is 18.7 Å². The molecule has 1 unspecified atom stereocenters. The van der Waals surface area contributed by atoms with Crippen molar-refractivity contribution in [2.75, 3.05) is 19.6 Å². The maximum Gasteiger partial charge on any atom is 0.237 e. The second-order valence-corrected chi connectivity index (χ2v) is 8.62. The van der Waals surface area contributed by atoms with Crippen LogP contribution in [-0.2, 0) is 13.8 Å². The zero-order chi connectivity index (χ0) is 14.2. The van der Waals surface area contributed by atoms with Crippen molar-refractivity contribution in [2.24, 2.45) is 0 Å². The topological polar surface area (TPSA) is 57.7 Å². The molecule has 110 valence electrons. The molecule has 0 saturated carbocycles. The average molecular weight is 309 g/mol. The van der Waals surface area contributed by atoms with E-state index in [1.54, 1.807) is 4.90 Å². The van der Waals surface area contributed by atoms with Crippen LogP contribution in [0.5, 0.6) is 0 Å². The highest BCUT2D eigenvalue weighted by molar-refractivity contribution is 8.14. The van der Waals surface area contributed by atoms with E-state index in [4.69, 9.17) is 10.7 Å². The van der Waals surface area contributed by atoms with E-state index >= 15 is 0 Å². The summed E-state index contributed by atoms with van der Waals surface area (Å²) in [4.78, 5) is 16.0. The normalized spacial score (nSPS) is 27.5. The minimum atomic E-state index is -3.63. The van der Waals surface area contributed by atoms with E-state index in [1.807, 2.05) is 0 Å². The van der Waals surface area contributed by atoms with Crippen molar-refractivity contribution in [3.05, 3.63) is 0 Å². The second kappa shape index (κ2) is 5.58. The summed E-state index contributed by atoms with van der Waals surface area (Å²) >= 11 is 0. The van der Waals surface area contributed by atoms with E-state index in [0.717, 1.165) is 25.9 Å². The zero-order valence-corrected chi connectivity index (χ0v) is 13.0. The standard InChI is InChI=1S/C12H21ClN2O3S/c1-9(2)14-5-3-10(4-6-14)15-8-11(7-12(15)16)19(13,17)18/h9-11H,3-8H2,1-2H3. The molecule has 0 aromatic rings. The Balaban J connectivity index is 1.95. The van der Waals surface area contributed by atoms with Gasteiger partial charge in [0.15, 0.2) is 0 Å². The molecular weight excluding hydrogens is 288 g/mol. The summed E-state index contributed by atoms with van der Waals surface area (Å²) < 4.78 is 22.7. The third kappa shape index (κ3) is 3.41. The quantitative estimate of drug-likeness (QED) is 0.731. The zero-order valence-electron chi connectivity index (χ0n) is 11.4. The van der Waals surface area contributed by atoms with Gasteiger partial charge in [-0.3, -0.25) is 4.79 Å². The van der Waals surface area contributed by atoms with Crippen molar-refractivity contribution in [3.8, 4) is 0 Å². The minimum Gasteiger partial charge on any atom is -0.338 e. The van der Waals surface area contributed by atoms with Gasteiger partial charge in [0, 0.05) is 48.8 Å². The van der Waals surface area contributed by atoms with Crippen LogP contribution in [0.15, 0.2) is 0 Å². The number of likely N-dealkylation sites (tertiary alicyclic amines) is 2. The Morgan fingerprint density at radius 3 is 2.26 bits per heavy atom. The molecule has 1 amide bonds. The number of amides is 1. The molecule has 0 aromatic carbocycles. The summed E-state index contributed by atoms with van der Waals surface area (Å²) in [7, 11) is 1.73. The number of rotatable bonds is 3. The van der Waals surface area contributed by atoms with Crippen LogP contribution in [0.4, 0.5) is 0 Å². The molecule has 5 nitrogen and oxygen atoms in total. The van der Waals surface area contributed by atoms with E-state index in [9.17, 15) is 13.2 Å². The average Bonchev–Trinajstić information content (AvgIpc) is 2.71. The van der Waals surface area contributed by atoms with E-state index in [0.29, 0.717) is 6.04 Å². The van der Waals surface area contributed by atoms with Gasteiger partial charge in [0.25, 0.3) is 0 Å². The fourth-order valence-corrected chi connectivity index (χ4v) is 3.99. The molecule has 2 heterocycles. The lowest BCUT2D eigenvalue weighted by Crippen LogP contribution is -2.47. The van der Waals surface area contributed by atoms with Gasteiger partial charge in [0.1, 0.15) is 5.25 Å². The highest BCUT2D eigenvalue weighted by Crippen LogP contribution is 2.27. The van der Waals surface area contributed by atoms with Crippen molar-refractivity contribution in [2.45, 2.75) is 50.4 Å². The number of hydrogen-bond acceptors (Lipinski definition) is 4. The Labute approximate surface area is 119 Å². The summed E-state index contributed by atoms with van der Waals surface area (Å²) in [5.41, 5.74) is 0. The summed E-state index contributed by atoms with van der Waals surface area (Å²) in [6.45, 7) is 6.51. The minimum absolute atomic E-state index is 0.0379. The molecule has 0 spiro atoms. The molecule has 0 aliphatic carbocycles. The molecule has 0 bridgehead atoms. The molecule has 2 fully saturated rings. The van der Waals surface area contributed by atoms with Crippen molar-refractivity contribution < 1.29 is 13.2 Å². The highest BCUT2D eigenvalue weighted by Gasteiger charge is 2.41. The lowest BCUT2D eigenvalue weighted by Gasteiger charge is -2.38. The van der Waals surface area contributed by atoms with Gasteiger partial charge >= 0.3 is 0 Å². The van der Waals surface area contributed by atoms with Crippen LogP contribution in [0.2, 0.25) is 0 Å². The molecule has 2 aliphatic heterocycles. The van der Waals surface area contributed by atoms with Crippen molar-refractivity contribution in [1.82, 2.24) is 9.80 Å². The molecule has 0 radical (unpaired) electrons. The Morgan fingerprint density at radius 1 is 1.26 bits per heavy atom. The van der Waals surface area contributed by atoms with Gasteiger partial charge in [-0.25, -0.2) is 8.42 Å².